The van der Waals surface area contributed by atoms with Crippen molar-refractivity contribution < 1.29 is 14.3 Å². The highest BCUT2D eigenvalue weighted by atomic mass is 35.5. The second-order valence-corrected chi connectivity index (χ2v) is 6.87. The molecule has 0 saturated heterocycles. The first kappa shape index (κ1) is 20.6. The lowest BCUT2D eigenvalue weighted by Crippen LogP contribution is -2.20. The van der Waals surface area contributed by atoms with Gasteiger partial charge in [0, 0.05) is 16.0 Å². The molecule has 138 valence electrons. The first-order valence-electron chi connectivity index (χ1n) is 7.99. The van der Waals surface area contributed by atoms with Crippen LogP contribution in [0.2, 0.25) is 5.02 Å². The van der Waals surface area contributed by atoms with E-state index in [1.807, 2.05) is 31.2 Å². The number of hydrogen-bond acceptors (Lipinski definition) is 5. The molecule has 0 fully saturated rings. The number of ether oxygens (including phenoxy) is 1. The maximum Gasteiger partial charge on any atom is 0.331 e. The van der Waals surface area contributed by atoms with Gasteiger partial charge in [-0.15, -0.1) is 11.8 Å². The molecule has 0 aliphatic carbocycles. The molecule has 0 heterocycles. The average molecular weight is 401 g/mol. The number of esters is 1. The number of aryl methyl sites for hydroxylation is 1. The molecule has 2 rings (SSSR count). The second-order valence-electron chi connectivity index (χ2n) is 5.44. The molecule has 2 aromatic rings. The minimum Gasteiger partial charge on any atom is -0.452 e. The Morgan fingerprint density at radius 3 is 2.81 bits per heavy atom. The summed E-state index contributed by atoms with van der Waals surface area (Å²) in [6.07, 6.45) is 2.81. The van der Waals surface area contributed by atoms with Crippen molar-refractivity contribution in [2.24, 2.45) is 0 Å². The summed E-state index contributed by atoms with van der Waals surface area (Å²) in [5, 5.41) is 12.0. The molecular formula is C20H17ClN2O3S. The van der Waals surface area contributed by atoms with Crippen molar-refractivity contribution >= 4 is 47.0 Å². The molecule has 1 amide bonds. The van der Waals surface area contributed by atoms with Gasteiger partial charge in [0.05, 0.1) is 17.5 Å². The average Bonchev–Trinajstić information content (AvgIpc) is 2.66. The lowest BCUT2D eigenvalue weighted by Gasteiger charge is -2.09. The van der Waals surface area contributed by atoms with Gasteiger partial charge in [0.2, 0.25) is 0 Å². The minimum absolute atomic E-state index is 0.274. The number of para-hydroxylation sites is 1. The number of thioether (sulfide) groups is 1. The standard InChI is InChI=1S/C20H17ClN2O3S/c1-14-6-7-15(12-16(14)21)8-9-20(25)26-13-19(24)23-17-4-2-3-5-18(17)27-11-10-22/h2-9,12H,11,13H2,1H3,(H,23,24)/b9-8+. The maximum atomic E-state index is 12.0. The van der Waals surface area contributed by atoms with Crippen molar-refractivity contribution in [3.8, 4) is 6.07 Å². The fourth-order valence-corrected chi connectivity index (χ4v) is 2.91. The fraction of sp³-hybridized carbons (Fsp3) is 0.150. The van der Waals surface area contributed by atoms with Gasteiger partial charge >= 0.3 is 5.97 Å². The highest BCUT2D eigenvalue weighted by molar-refractivity contribution is 7.99. The molecule has 0 aliphatic heterocycles. The van der Waals surface area contributed by atoms with Crippen LogP contribution in [-0.4, -0.2) is 24.2 Å². The molecule has 1 N–H and O–H groups in total. The number of hydrogen-bond donors (Lipinski definition) is 1. The van der Waals surface area contributed by atoms with Crippen LogP contribution in [0.3, 0.4) is 0 Å². The van der Waals surface area contributed by atoms with E-state index in [-0.39, 0.29) is 5.75 Å². The summed E-state index contributed by atoms with van der Waals surface area (Å²) in [6, 6.07) is 14.6. The summed E-state index contributed by atoms with van der Waals surface area (Å²) < 4.78 is 4.94. The molecular weight excluding hydrogens is 384 g/mol. The van der Waals surface area contributed by atoms with Crippen LogP contribution in [0.25, 0.3) is 6.08 Å². The van der Waals surface area contributed by atoms with E-state index in [0.717, 1.165) is 16.0 Å². The Labute approximate surface area is 167 Å². The highest BCUT2D eigenvalue weighted by Gasteiger charge is 2.09. The number of benzene rings is 2. The lowest BCUT2D eigenvalue weighted by molar-refractivity contribution is -0.142. The number of nitrogens with zero attached hydrogens (tertiary/aromatic N) is 1. The summed E-state index contributed by atoms with van der Waals surface area (Å²) in [5.74, 6) is -0.815. The predicted octanol–water partition coefficient (Wildman–Crippen LogP) is 4.46. The van der Waals surface area contributed by atoms with Crippen LogP contribution in [-0.2, 0) is 14.3 Å². The molecule has 0 saturated carbocycles. The van der Waals surface area contributed by atoms with Gasteiger partial charge in [-0.25, -0.2) is 4.79 Å². The Hall–Kier alpha value is -2.75. The number of carbonyl (C=O) groups is 2. The third-order valence-corrected chi connectivity index (χ3v) is 4.75. The van der Waals surface area contributed by atoms with Gasteiger partial charge in [-0.1, -0.05) is 35.9 Å². The smallest absolute Gasteiger partial charge is 0.331 e. The molecule has 0 spiro atoms. The van der Waals surface area contributed by atoms with Crippen LogP contribution < -0.4 is 5.32 Å². The van der Waals surface area contributed by atoms with E-state index in [0.29, 0.717) is 10.7 Å². The number of nitriles is 1. The van der Waals surface area contributed by atoms with Crippen molar-refractivity contribution in [1.29, 1.82) is 5.26 Å². The van der Waals surface area contributed by atoms with Crippen LogP contribution in [0.5, 0.6) is 0 Å². The van der Waals surface area contributed by atoms with Crippen LogP contribution in [0.1, 0.15) is 11.1 Å². The van der Waals surface area contributed by atoms with Crippen molar-refractivity contribution in [1.82, 2.24) is 0 Å². The molecule has 0 atom stereocenters. The van der Waals surface area contributed by atoms with Crippen molar-refractivity contribution in [3.63, 3.8) is 0 Å². The van der Waals surface area contributed by atoms with E-state index in [1.54, 1.807) is 30.3 Å². The Kier molecular flexibility index (Phi) is 7.93. The number of anilines is 1. The molecule has 2 aromatic carbocycles. The van der Waals surface area contributed by atoms with Gasteiger partial charge in [0.15, 0.2) is 6.61 Å². The van der Waals surface area contributed by atoms with E-state index in [9.17, 15) is 9.59 Å². The maximum absolute atomic E-state index is 12.0. The lowest BCUT2D eigenvalue weighted by atomic mass is 10.1. The van der Waals surface area contributed by atoms with Gasteiger partial charge in [-0.2, -0.15) is 5.26 Å². The van der Waals surface area contributed by atoms with Crippen LogP contribution in [0, 0.1) is 18.3 Å². The first-order valence-corrected chi connectivity index (χ1v) is 9.35. The topological polar surface area (TPSA) is 79.2 Å². The van der Waals surface area contributed by atoms with Crippen LogP contribution in [0.15, 0.2) is 53.4 Å². The Bertz CT molecular complexity index is 906. The first-order chi connectivity index (χ1) is 13.0. The highest BCUT2D eigenvalue weighted by Crippen LogP contribution is 2.26. The van der Waals surface area contributed by atoms with Gasteiger partial charge in [-0.3, -0.25) is 4.79 Å². The zero-order valence-corrected chi connectivity index (χ0v) is 16.1. The van der Waals surface area contributed by atoms with E-state index in [2.05, 4.69) is 5.32 Å². The largest absolute Gasteiger partial charge is 0.452 e. The van der Waals surface area contributed by atoms with Crippen molar-refractivity contribution in [3.05, 3.63) is 64.7 Å². The zero-order valence-electron chi connectivity index (χ0n) is 14.6. The van der Waals surface area contributed by atoms with E-state index in [1.165, 1.54) is 17.8 Å². The molecule has 0 aliphatic rings. The summed E-state index contributed by atoms with van der Waals surface area (Å²) in [4.78, 5) is 24.5. The molecule has 27 heavy (non-hydrogen) atoms. The van der Waals surface area contributed by atoms with E-state index in [4.69, 9.17) is 21.6 Å². The summed E-state index contributed by atoms with van der Waals surface area (Å²) >= 11 is 7.35. The monoisotopic (exact) mass is 400 g/mol. The van der Waals surface area contributed by atoms with Crippen LogP contribution >= 0.6 is 23.4 Å². The normalized spacial score (nSPS) is 10.4. The Morgan fingerprint density at radius 2 is 2.07 bits per heavy atom. The van der Waals surface area contributed by atoms with Gasteiger partial charge in [-0.05, 0) is 42.3 Å². The quantitative estimate of drug-likeness (QED) is 0.421. The van der Waals surface area contributed by atoms with Gasteiger partial charge in [0.1, 0.15) is 0 Å². The molecule has 5 nitrogen and oxygen atoms in total. The molecule has 0 radical (unpaired) electrons. The van der Waals surface area contributed by atoms with Crippen LogP contribution in [0.4, 0.5) is 5.69 Å². The summed E-state index contributed by atoms with van der Waals surface area (Å²) in [6.45, 7) is 1.48. The SMILES string of the molecule is Cc1ccc(/C=C/C(=O)OCC(=O)Nc2ccccc2SCC#N)cc1Cl. The molecule has 0 bridgehead atoms. The molecule has 0 unspecified atom stereocenters. The summed E-state index contributed by atoms with van der Waals surface area (Å²) in [7, 11) is 0. The number of amides is 1. The predicted molar refractivity (Wildman–Crippen MR) is 108 cm³/mol. The van der Waals surface area contributed by atoms with E-state index >= 15 is 0 Å². The Morgan fingerprint density at radius 1 is 1.30 bits per heavy atom. The molecule has 7 heteroatoms. The number of carbonyl (C=O) groups excluding carboxylic acids is 2. The summed E-state index contributed by atoms with van der Waals surface area (Å²) in [5.41, 5.74) is 2.28. The zero-order chi connectivity index (χ0) is 19.6. The second kappa shape index (κ2) is 10.4. The van der Waals surface area contributed by atoms with Gasteiger partial charge in [0.25, 0.3) is 5.91 Å². The number of rotatable bonds is 7. The van der Waals surface area contributed by atoms with E-state index < -0.39 is 18.5 Å². The third-order valence-electron chi connectivity index (χ3n) is 3.41. The minimum atomic E-state index is -0.631. The third kappa shape index (κ3) is 6.81. The Balaban J connectivity index is 1.86. The van der Waals surface area contributed by atoms with Crippen molar-refractivity contribution in [2.45, 2.75) is 11.8 Å². The number of nitrogens with one attached hydrogen (secondary N) is 1. The number of halogens is 1. The van der Waals surface area contributed by atoms with Crippen molar-refractivity contribution in [2.75, 3.05) is 17.7 Å². The fourth-order valence-electron chi connectivity index (χ4n) is 2.05. The van der Waals surface area contributed by atoms with Gasteiger partial charge < -0.3 is 10.1 Å². The molecule has 0 aromatic heterocycles.